The molecule has 0 aliphatic heterocycles. The molecule has 0 saturated heterocycles. The number of Topliss-reactive ketones (excluding diaryl/α,β-unsaturated/α-hetero) is 1. The number of nitrogens with zero attached hydrogens (tertiary/aromatic N) is 1. The Morgan fingerprint density at radius 2 is 1.53 bits per heavy atom. The van der Waals surface area contributed by atoms with Gasteiger partial charge in [0, 0.05) is 29.7 Å². The second kappa shape index (κ2) is 8.17. The third kappa shape index (κ3) is 3.91. The zero-order valence-corrected chi connectivity index (χ0v) is 16.4. The molecule has 1 aliphatic carbocycles. The number of carbonyl (C=O) groups is 1. The molecule has 0 atom stereocenters. The molecule has 1 aliphatic rings. The van der Waals surface area contributed by atoms with Crippen molar-refractivity contribution >= 4 is 29.2 Å². The van der Waals surface area contributed by atoms with Crippen LogP contribution in [0.1, 0.15) is 22.3 Å². The zero-order chi connectivity index (χ0) is 21.1. The molecule has 5 heteroatoms. The van der Waals surface area contributed by atoms with Crippen LogP contribution in [0, 0.1) is 10.1 Å². The summed E-state index contributed by atoms with van der Waals surface area (Å²) in [4.78, 5) is 23.8. The van der Waals surface area contributed by atoms with Crippen molar-refractivity contribution in [3.63, 3.8) is 0 Å². The standard InChI is InChI=1S/C25H19NO4/c1-30-22-12-8-17(9-13-22)14-20-16-19-4-2-3-5-23(19)24(25(20)27)15-18-6-10-21(11-7-18)26(28)29/h2-15H,16H2,1H3/b20-14+,24-15+. The van der Waals surface area contributed by atoms with E-state index >= 15 is 0 Å². The minimum absolute atomic E-state index is 0.0209. The summed E-state index contributed by atoms with van der Waals surface area (Å²) in [5.74, 6) is 0.721. The van der Waals surface area contributed by atoms with Crippen molar-refractivity contribution in [2.24, 2.45) is 0 Å². The van der Waals surface area contributed by atoms with Crippen LogP contribution in [0.15, 0.2) is 78.4 Å². The Labute approximate surface area is 174 Å². The zero-order valence-electron chi connectivity index (χ0n) is 16.4. The molecule has 0 spiro atoms. The van der Waals surface area contributed by atoms with E-state index in [4.69, 9.17) is 4.74 Å². The molecule has 0 radical (unpaired) electrons. The van der Waals surface area contributed by atoms with Gasteiger partial charge in [-0.15, -0.1) is 0 Å². The minimum atomic E-state index is -0.437. The molecule has 0 unspecified atom stereocenters. The van der Waals surface area contributed by atoms with E-state index in [0.29, 0.717) is 17.6 Å². The fraction of sp³-hybridized carbons (Fsp3) is 0.0800. The van der Waals surface area contributed by atoms with Crippen molar-refractivity contribution in [1.82, 2.24) is 0 Å². The van der Waals surface area contributed by atoms with E-state index in [0.717, 1.165) is 28.0 Å². The van der Waals surface area contributed by atoms with Gasteiger partial charge in [-0.05, 0) is 58.7 Å². The molecule has 3 aromatic carbocycles. The number of rotatable bonds is 4. The molecule has 0 amide bonds. The number of ether oxygens (including phenoxy) is 1. The average molecular weight is 397 g/mol. The van der Waals surface area contributed by atoms with Crippen molar-refractivity contribution in [2.75, 3.05) is 7.11 Å². The maximum Gasteiger partial charge on any atom is 0.269 e. The Balaban J connectivity index is 1.75. The lowest BCUT2D eigenvalue weighted by molar-refractivity contribution is -0.384. The first-order valence-corrected chi connectivity index (χ1v) is 9.49. The normalized spacial score (nSPS) is 15.8. The topological polar surface area (TPSA) is 69.4 Å². The van der Waals surface area contributed by atoms with Gasteiger partial charge in [0.1, 0.15) is 5.75 Å². The number of hydrogen-bond acceptors (Lipinski definition) is 4. The summed E-state index contributed by atoms with van der Waals surface area (Å²) in [6, 6.07) is 21.6. The van der Waals surface area contributed by atoms with Gasteiger partial charge in [-0.1, -0.05) is 36.4 Å². The molecule has 0 fully saturated rings. The molecule has 5 nitrogen and oxygen atoms in total. The summed E-state index contributed by atoms with van der Waals surface area (Å²) in [5, 5.41) is 10.9. The Bertz CT molecular complexity index is 1170. The molecular formula is C25H19NO4. The van der Waals surface area contributed by atoms with Gasteiger partial charge in [0.15, 0.2) is 5.78 Å². The number of allylic oxidation sites excluding steroid dienone is 2. The van der Waals surface area contributed by atoms with Crippen LogP contribution in [-0.4, -0.2) is 17.8 Å². The van der Waals surface area contributed by atoms with Crippen LogP contribution in [0.4, 0.5) is 5.69 Å². The number of benzene rings is 3. The summed E-state index contributed by atoms with van der Waals surface area (Å²) in [7, 11) is 1.62. The van der Waals surface area contributed by atoms with Crippen molar-refractivity contribution in [2.45, 2.75) is 6.42 Å². The number of non-ortho nitro benzene ring substituents is 1. The smallest absolute Gasteiger partial charge is 0.269 e. The van der Waals surface area contributed by atoms with Crippen LogP contribution in [0.25, 0.3) is 17.7 Å². The van der Waals surface area contributed by atoms with Gasteiger partial charge >= 0.3 is 0 Å². The summed E-state index contributed by atoms with van der Waals surface area (Å²) < 4.78 is 5.19. The Kier molecular flexibility index (Phi) is 5.26. The fourth-order valence-corrected chi connectivity index (χ4v) is 3.54. The first kappa shape index (κ1) is 19.3. The average Bonchev–Trinajstić information content (AvgIpc) is 2.77. The quantitative estimate of drug-likeness (QED) is 0.338. The van der Waals surface area contributed by atoms with E-state index in [1.165, 1.54) is 12.1 Å². The second-order valence-corrected chi connectivity index (χ2v) is 7.01. The number of fused-ring (bicyclic) bond motifs is 1. The summed E-state index contributed by atoms with van der Waals surface area (Å²) in [6.07, 6.45) is 4.26. The lowest BCUT2D eigenvalue weighted by atomic mass is 9.81. The van der Waals surface area contributed by atoms with Crippen LogP contribution >= 0.6 is 0 Å². The lowest BCUT2D eigenvalue weighted by Crippen LogP contribution is -2.15. The Morgan fingerprint density at radius 1 is 0.900 bits per heavy atom. The van der Waals surface area contributed by atoms with E-state index in [9.17, 15) is 14.9 Å². The summed E-state index contributed by atoms with van der Waals surface area (Å²) in [6.45, 7) is 0. The van der Waals surface area contributed by atoms with Crippen LogP contribution in [0.2, 0.25) is 0 Å². The van der Waals surface area contributed by atoms with Gasteiger partial charge in [-0.25, -0.2) is 0 Å². The highest BCUT2D eigenvalue weighted by atomic mass is 16.6. The number of carbonyl (C=O) groups excluding carboxylic acids is 1. The van der Waals surface area contributed by atoms with Gasteiger partial charge in [0.25, 0.3) is 5.69 Å². The van der Waals surface area contributed by atoms with Crippen molar-refractivity contribution in [3.05, 3.63) is 111 Å². The van der Waals surface area contributed by atoms with Crippen LogP contribution < -0.4 is 4.74 Å². The van der Waals surface area contributed by atoms with Crippen LogP contribution in [0.3, 0.4) is 0 Å². The molecule has 4 rings (SSSR count). The summed E-state index contributed by atoms with van der Waals surface area (Å²) >= 11 is 0. The fourth-order valence-electron chi connectivity index (χ4n) is 3.54. The molecule has 30 heavy (non-hydrogen) atoms. The number of nitro benzene ring substituents is 1. The first-order chi connectivity index (χ1) is 14.5. The molecule has 148 valence electrons. The van der Waals surface area contributed by atoms with E-state index in [2.05, 4.69) is 0 Å². The van der Waals surface area contributed by atoms with E-state index < -0.39 is 4.92 Å². The van der Waals surface area contributed by atoms with Gasteiger partial charge in [-0.2, -0.15) is 0 Å². The lowest BCUT2D eigenvalue weighted by Gasteiger charge is -2.21. The second-order valence-electron chi connectivity index (χ2n) is 7.01. The monoisotopic (exact) mass is 397 g/mol. The minimum Gasteiger partial charge on any atom is -0.497 e. The Morgan fingerprint density at radius 3 is 2.20 bits per heavy atom. The summed E-state index contributed by atoms with van der Waals surface area (Å²) in [5.41, 5.74) is 4.94. The van der Waals surface area contributed by atoms with Crippen LogP contribution in [-0.2, 0) is 11.2 Å². The SMILES string of the molecule is COc1ccc(/C=C2\Cc3ccccc3/C(=C\c3ccc([N+](=O)[O-])cc3)C2=O)cc1. The highest BCUT2D eigenvalue weighted by Gasteiger charge is 2.25. The maximum atomic E-state index is 13.3. The van der Waals surface area contributed by atoms with Gasteiger partial charge < -0.3 is 4.74 Å². The highest BCUT2D eigenvalue weighted by Crippen LogP contribution is 2.34. The molecular weight excluding hydrogens is 378 g/mol. The molecule has 3 aromatic rings. The predicted octanol–water partition coefficient (Wildman–Crippen LogP) is 5.35. The molecule has 0 heterocycles. The highest BCUT2D eigenvalue weighted by molar-refractivity contribution is 6.35. The van der Waals surface area contributed by atoms with Gasteiger partial charge in [0.05, 0.1) is 12.0 Å². The third-order valence-corrected chi connectivity index (χ3v) is 5.10. The number of methoxy groups -OCH3 is 1. The Hall–Kier alpha value is -3.99. The molecule has 0 saturated carbocycles. The third-order valence-electron chi connectivity index (χ3n) is 5.10. The van der Waals surface area contributed by atoms with Crippen molar-refractivity contribution in [3.8, 4) is 5.75 Å². The van der Waals surface area contributed by atoms with E-state index in [1.54, 1.807) is 25.3 Å². The molecule has 0 bridgehead atoms. The first-order valence-electron chi connectivity index (χ1n) is 9.49. The van der Waals surface area contributed by atoms with Crippen molar-refractivity contribution in [1.29, 1.82) is 0 Å². The predicted molar refractivity (Wildman–Crippen MR) is 117 cm³/mol. The van der Waals surface area contributed by atoms with E-state index in [1.807, 2.05) is 54.6 Å². The number of hydrogen-bond donors (Lipinski definition) is 0. The van der Waals surface area contributed by atoms with Gasteiger partial charge in [0.2, 0.25) is 0 Å². The molecule has 0 aromatic heterocycles. The number of nitro groups is 1. The maximum absolute atomic E-state index is 13.3. The van der Waals surface area contributed by atoms with Gasteiger partial charge in [-0.3, -0.25) is 14.9 Å². The largest absolute Gasteiger partial charge is 0.497 e. The van der Waals surface area contributed by atoms with Crippen molar-refractivity contribution < 1.29 is 14.5 Å². The number of ketones is 1. The molecule has 0 N–H and O–H groups in total. The van der Waals surface area contributed by atoms with E-state index in [-0.39, 0.29) is 11.5 Å². The van der Waals surface area contributed by atoms with Crippen LogP contribution in [0.5, 0.6) is 5.75 Å².